The smallest absolute Gasteiger partial charge is 0.326 e. The number of nitrogens with one attached hydrogen (secondary N) is 3. The van der Waals surface area contributed by atoms with Crippen LogP contribution in [0.25, 0.3) is 0 Å². The van der Waals surface area contributed by atoms with Crippen LogP contribution in [0.15, 0.2) is 24.9 Å². The van der Waals surface area contributed by atoms with Gasteiger partial charge < -0.3 is 40.0 Å². The van der Waals surface area contributed by atoms with E-state index in [4.69, 9.17) is 18.9 Å². The highest BCUT2D eigenvalue weighted by Gasteiger charge is 2.19. The van der Waals surface area contributed by atoms with Crippen molar-refractivity contribution in [1.29, 1.82) is 0 Å². The Kier molecular flexibility index (Phi) is 43.3. The van der Waals surface area contributed by atoms with Crippen molar-refractivity contribution in [3.05, 3.63) is 24.9 Å². The number of carbonyl (C=O) groups excluding carboxylic acids is 2. The molecule has 316 valence electrons. The molecule has 0 aliphatic rings. The van der Waals surface area contributed by atoms with Gasteiger partial charge in [-0.2, -0.15) is 0 Å². The second-order valence-corrected chi connectivity index (χ2v) is 14.3. The number of carbonyl (C=O) groups is 3. The number of allylic oxidation sites excluding steroid dienone is 2. The van der Waals surface area contributed by atoms with Crippen molar-refractivity contribution in [1.82, 2.24) is 16.0 Å². The summed E-state index contributed by atoms with van der Waals surface area (Å²) in [7, 11) is 3.37. The number of hydrogen-bond donors (Lipinski definition) is 4. The first-order valence-electron chi connectivity index (χ1n) is 20.9. The molecule has 11 nitrogen and oxygen atoms in total. The molecule has 0 rings (SSSR count). The van der Waals surface area contributed by atoms with E-state index in [1.54, 1.807) is 0 Å². The van der Waals surface area contributed by atoms with E-state index in [9.17, 15) is 19.5 Å². The standard InChI is InChI=1S/C40H74N3O8P.C2H6/c1-4-5-6-7-8-9-10-11-12-13-14-15-16-17-18-19-20-21-22-38(44)43-37(40(46)47)24-23-35(2)41-25-27-48-30-32-51-34-39(45)42-26-28-49-29-31-50-33-36(3)52;1-2/h4,37,41,52H,1-2,5-34H2,3H3,(H,42,45)(H,43,44)(H,46,47);1-2H3. The highest BCUT2D eigenvalue weighted by Crippen LogP contribution is 2.14. The van der Waals surface area contributed by atoms with Gasteiger partial charge in [-0.1, -0.05) is 116 Å². The Hall–Kier alpha value is -2.30. The number of aliphatic carboxylic acids is 1. The fourth-order valence-electron chi connectivity index (χ4n) is 5.42. The number of carboxylic acids is 1. The minimum absolute atomic E-state index is 0.0544. The first-order chi connectivity index (χ1) is 26.3. The van der Waals surface area contributed by atoms with Gasteiger partial charge in [-0.15, -0.1) is 15.4 Å². The van der Waals surface area contributed by atoms with E-state index in [-0.39, 0.29) is 31.4 Å². The number of unbranched alkanes of at least 4 members (excludes halogenated alkanes) is 16. The van der Waals surface area contributed by atoms with Crippen LogP contribution in [-0.2, 0) is 33.3 Å². The Morgan fingerprint density at radius 3 is 1.56 bits per heavy atom. The third-order valence-electron chi connectivity index (χ3n) is 8.42. The van der Waals surface area contributed by atoms with Crippen LogP contribution in [0.4, 0.5) is 0 Å². The summed E-state index contributed by atoms with van der Waals surface area (Å²) in [6.07, 6.45) is 24.4. The highest BCUT2D eigenvalue weighted by atomic mass is 31.0. The second-order valence-electron chi connectivity index (χ2n) is 13.5. The zero-order valence-electron chi connectivity index (χ0n) is 34.6. The van der Waals surface area contributed by atoms with Crippen LogP contribution in [0.3, 0.4) is 0 Å². The number of ether oxygens (including phenoxy) is 4. The molecule has 0 aromatic rings. The first-order valence-corrected chi connectivity index (χ1v) is 21.4. The van der Waals surface area contributed by atoms with Crippen LogP contribution in [0, 0.1) is 0 Å². The Balaban J connectivity index is 0. The van der Waals surface area contributed by atoms with Gasteiger partial charge in [-0.05, 0) is 44.3 Å². The first kappa shape index (κ1) is 53.8. The summed E-state index contributed by atoms with van der Waals surface area (Å²) in [5.74, 6) is -1.47. The highest BCUT2D eigenvalue weighted by molar-refractivity contribution is 7.21. The molecule has 0 aliphatic carbocycles. The molecule has 0 saturated heterocycles. The monoisotopic (exact) mass is 786 g/mol. The molecule has 0 aromatic heterocycles. The van der Waals surface area contributed by atoms with E-state index in [0.717, 1.165) is 31.0 Å². The summed E-state index contributed by atoms with van der Waals surface area (Å²) >= 11 is 0. The van der Waals surface area contributed by atoms with Crippen LogP contribution in [-0.4, -0.2) is 100 Å². The molecule has 0 heterocycles. The van der Waals surface area contributed by atoms with E-state index in [0.29, 0.717) is 71.3 Å². The maximum Gasteiger partial charge on any atom is 0.326 e. The molecule has 4 N–H and O–H groups in total. The zero-order chi connectivity index (χ0) is 40.3. The molecule has 2 amide bonds. The lowest BCUT2D eigenvalue weighted by molar-refractivity contribution is -0.142. The van der Waals surface area contributed by atoms with Gasteiger partial charge in [0.05, 0.1) is 46.2 Å². The molecule has 0 aliphatic heterocycles. The molecule has 0 fully saturated rings. The van der Waals surface area contributed by atoms with E-state index in [2.05, 4.69) is 38.0 Å². The molecular formula is C42H80N3O8P. The predicted molar refractivity (Wildman–Crippen MR) is 226 cm³/mol. The van der Waals surface area contributed by atoms with Crippen molar-refractivity contribution in [3.8, 4) is 0 Å². The van der Waals surface area contributed by atoms with Gasteiger partial charge >= 0.3 is 5.97 Å². The lowest BCUT2D eigenvalue weighted by Gasteiger charge is -2.16. The Bertz CT molecular complexity index is 937. The van der Waals surface area contributed by atoms with Crippen LogP contribution in [0.5, 0.6) is 0 Å². The summed E-state index contributed by atoms with van der Waals surface area (Å²) in [6.45, 7) is 17.4. The van der Waals surface area contributed by atoms with Gasteiger partial charge in [0, 0.05) is 25.2 Å². The number of hydrogen-bond acceptors (Lipinski definition) is 8. The Labute approximate surface area is 331 Å². The molecule has 1 unspecified atom stereocenters. The van der Waals surface area contributed by atoms with Crippen LogP contribution >= 0.6 is 8.86 Å². The molecule has 0 saturated carbocycles. The fourth-order valence-corrected chi connectivity index (χ4v) is 5.53. The van der Waals surface area contributed by atoms with Gasteiger partial charge in [0.25, 0.3) is 0 Å². The molecule has 12 heteroatoms. The van der Waals surface area contributed by atoms with Crippen molar-refractivity contribution in [2.75, 3.05) is 65.9 Å². The van der Waals surface area contributed by atoms with Crippen molar-refractivity contribution < 1.29 is 38.4 Å². The van der Waals surface area contributed by atoms with Crippen LogP contribution in [0.1, 0.15) is 149 Å². The van der Waals surface area contributed by atoms with Crippen LogP contribution in [0.2, 0.25) is 0 Å². The van der Waals surface area contributed by atoms with Gasteiger partial charge in [0.1, 0.15) is 12.6 Å². The molecule has 1 atom stereocenters. The Morgan fingerprint density at radius 1 is 0.630 bits per heavy atom. The second kappa shape index (κ2) is 43.4. The third-order valence-corrected chi connectivity index (χ3v) is 8.56. The summed E-state index contributed by atoms with van der Waals surface area (Å²) in [6, 6.07) is -0.941. The van der Waals surface area contributed by atoms with Crippen molar-refractivity contribution in [2.24, 2.45) is 0 Å². The van der Waals surface area contributed by atoms with Gasteiger partial charge in [0.15, 0.2) is 0 Å². The summed E-state index contributed by atoms with van der Waals surface area (Å²) in [5.41, 5.74) is 0.682. The largest absolute Gasteiger partial charge is 0.480 e. The van der Waals surface area contributed by atoms with E-state index >= 15 is 0 Å². The quantitative estimate of drug-likeness (QED) is 0.0274. The van der Waals surface area contributed by atoms with Crippen molar-refractivity contribution >= 4 is 31.9 Å². The summed E-state index contributed by atoms with van der Waals surface area (Å²) < 4.78 is 21.5. The molecule has 0 radical (unpaired) electrons. The molecule has 0 aromatic carbocycles. The molecular weight excluding hydrogens is 705 g/mol. The minimum Gasteiger partial charge on any atom is -0.480 e. The van der Waals surface area contributed by atoms with E-state index in [1.165, 1.54) is 83.5 Å². The summed E-state index contributed by atoms with van der Waals surface area (Å²) in [4.78, 5) is 35.9. The average Bonchev–Trinajstić information content (AvgIpc) is 3.15. The number of carboxylic acid groups (broad SMARTS) is 1. The number of amides is 2. The van der Waals surface area contributed by atoms with Gasteiger partial charge in [-0.25, -0.2) is 4.79 Å². The topological polar surface area (TPSA) is 144 Å². The fraction of sp³-hybridized carbons (Fsp3) is 0.810. The van der Waals surface area contributed by atoms with E-state index < -0.39 is 12.0 Å². The van der Waals surface area contributed by atoms with Crippen molar-refractivity contribution in [3.63, 3.8) is 0 Å². The van der Waals surface area contributed by atoms with Gasteiger partial charge in [0.2, 0.25) is 11.8 Å². The minimum atomic E-state index is -1.04. The maximum atomic E-state index is 12.4. The maximum absolute atomic E-state index is 12.4. The molecule has 0 spiro atoms. The normalized spacial score (nSPS) is 11.2. The Morgan fingerprint density at radius 2 is 1.07 bits per heavy atom. The van der Waals surface area contributed by atoms with Crippen LogP contribution < -0.4 is 16.0 Å². The average molecular weight is 786 g/mol. The molecule has 54 heavy (non-hydrogen) atoms. The van der Waals surface area contributed by atoms with E-state index in [1.807, 2.05) is 26.8 Å². The van der Waals surface area contributed by atoms with Crippen molar-refractivity contribution in [2.45, 2.75) is 155 Å². The lowest BCUT2D eigenvalue weighted by atomic mass is 10.0. The lowest BCUT2D eigenvalue weighted by Crippen LogP contribution is -2.41. The molecule has 0 bridgehead atoms. The predicted octanol–water partition coefficient (Wildman–Crippen LogP) is 8.19. The van der Waals surface area contributed by atoms with Gasteiger partial charge in [-0.3, -0.25) is 9.59 Å². The summed E-state index contributed by atoms with van der Waals surface area (Å²) in [5, 5.41) is 19.1. The zero-order valence-corrected chi connectivity index (χ0v) is 35.6. The SMILES string of the molecule is C=CCCCCCCCCCCCCCCCCCCC(=O)NC(CCC(=C)NCCOCCOCC(=O)NCCOCCOCC(C)=P)C(=O)O.CC. The third kappa shape index (κ3) is 42.4. The number of rotatable bonds is 41.